The zero-order chi connectivity index (χ0) is 12.5. The summed E-state index contributed by atoms with van der Waals surface area (Å²) < 4.78 is 2.00. The maximum atomic E-state index is 4.42. The molecule has 3 aromatic rings. The molecule has 1 aromatic heterocycles. The molecule has 18 heavy (non-hydrogen) atoms. The first-order valence-electron chi connectivity index (χ1n) is 6.28. The van der Waals surface area contributed by atoms with E-state index in [0.717, 1.165) is 0 Å². The largest absolute Gasteiger partial charge is 0.270 e. The molecule has 90 valence electrons. The minimum absolute atomic E-state index is 0.397. The second-order valence-electron chi connectivity index (χ2n) is 4.83. The molecule has 0 amide bonds. The molecule has 2 aromatic carbocycles. The third-order valence-electron chi connectivity index (χ3n) is 3.23. The molecule has 0 aliphatic rings. The summed E-state index contributed by atoms with van der Waals surface area (Å²) in [5.74, 6) is 0. The molecule has 0 atom stereocenters. The lowest BCUT2D eigenvalue weighted by atomic mass is 10.0. The Kier molecular flexibility index (Phi) is 2.63. The summed E-state index contributed by atoms with van der Waals surface area (Å²) in [6, 6.07) is 15.3. The summed E-state index contributed by atoms with van der Waals surface area (Å²) in [6.45, 7) is 4.28. The predicted octanol–water partition coefficient (Wildman–Crippen LogP) is 4.28. The van der Waals surface area contributed by atoms with Crippen LogP contribution in [0.15, 0.2) is 54.9 Å². The second-order valence-corrected chi connectivity index (χ2v) is 4.83. The molecule has 0 aliphatic heterocycles. The standard InChI is InChI=1S/C16H16N2/c1-12(2)18-11-14(10-17-18)16-9-5-7-13-6-3-4-8-15(13)16/h3-12H,1-2H3. The van der Waals surface area contributed by atoms with Crippen LogP contribution in [0.1, 0.15) is 19.9 Å². The average Bonchev–Trinajstić information content (AvgIpc) is 2.87. The van der Waals surface area contributed by atoms with E-state index < -0.39 is 0 Å². The molecule has 2 heteroatoms. The minimum Gasteiger partial charge on any atom is -0.270 e. The molecule has 0 N–H and O–H groups in total. The van der Waals surface area contributed by atoms with Crippen LogP contribution in [0.5, 0.6) is 0 Å². The van der Waals surface area contributed by atoms with Crippen LogP contribution < -0.4 is 0 Å². The Balaban J connectivity index is 2.18. The van der Waals surface area contributed by atoms with Gasteiger partial charge in [-0.1, -0.05) is 42.5 Å². The molecule has 0 fully saturated rings. The Bertz CT molecular complexity index is 675. The van der Waals surface area contributed by atoms with Gasteiger partial charge in [0.2, 0.25) is 0 Å². The summed E-state index contributed by atoms with van der Waals surface area (Å²) in [6.07, 6.45) is 4.06. The van der Waals surface area contributed by atoms with Gasteiger partial charge in [-0.15, -0.1) is 0 Å². The summed E-state index contributed by atoms with van der Waals surface area (Å²) in [4.78, 5) is 0. The van der Waals surface area contributed by atoms with Gasteiger partial charge in [0.1, 0.15) is 0 Å². The SMILES string of the molecule is CC(C)n1cc(-c2cccc3ccccc23)cn1. The Morgan fingerprint density at radius 1 is 1.00 bits per heavy atom. The van der Waals surface area contributed by atoms with Crippen molar-refractivity contribution < 1.29 is 0 Å². The molecule has 0 aliphatic carbocycles. The Morgan fingerprint density at radius 2 is 1.78 bits per heavy atom. The van der Waals surface area contributed by atoms with Crippen molar-refractivity contribution >= 4 is 10.8 Å². The first-order valence-corrected chi connectivity index (χ1v) is 6.28. The quantitative estimate of drug-likeness (QED) is 0.649. The van der Waals surface area contributed by atoms with Crippen molar-refractivity contribution in [3.8, 4) is 11.1 Å². The van der Waals surface area contributed by atoms with Crippen LogP contribution in [-0.4, -0.2) is 9.78 Å². The molecule has 0 unspecified atom stereocenters. The third kappa shape index (κ3) is 1.80. The highest BCUT2D eigenvalue weighted by atomic mass is 15.3. The van der Waals surface area contributed by atoms with Gasteiger partial charge >= 0.3 is 0 Å². The maximum Gasteiger partial charge on any atom is 0.0568 e. The lowest BCUT2D eigenvalue weighted by molar-refractivity contribution is 0.532. The van der Waals surface area contributed by atoms with E-state index in [1.165, 1.54) is 21.9 Å². The van der Waals surface area contributed by atoms with Crippen LogP contribution in [0.3, 0.4) is 0 Å². The van der Waals surface area contributed by atoms with Crippen molar-refractivity contribution in [3.63, 3.8) is 0 Å². The van der Waals surface area contributed by atoms with E-state index in [4.69, 9.17) is 0 Å². The fourth-order valence-corrected chi connectivity index (χ4v) is 2.24. The smallest absolute Gasteiger partial charge is 0.0568 e. The van der Waals surface area contributed by atoms with Crippen LogP contribution in [0.4, 0.5) is 0 Å². The number of hydrogen-bond acceptors (Lipinski definition) is 1. The number of rotatable bonds is 2. The van der Waals surface area contributed by atoms with Crippen LogP contribution in [0.2, 0.25) is 0 Å². The van der Waals surface area contributed by atoms with E-state index in [-0.39, 0.29) is 0 Å². The van der Waals surface area contributed by atoms with Crippen molar-refractivity contribution in [3.05, 3.63) is 54.9 Å². The molecule has 0 saturated heterocycles. The van der Waals surface area contributed by atoms with Crippen LogP contribution in [-0.2, 0) is 0 Å². The first kappa shape index (κ1) is 11.0. The van der Waals surface area contributed by atoms with E-state index in [2.05, 4.69) is 67.6 Å². The summed E-state index contributed by atoms with van der Waals surface area (Å²) >= 11 is 0. The van der Waals surface area contributed by atoms with E-state index >= 15 is 0 Å². The summed E-state index contributed by atoms with van der Waals surface area (Å²) in [7, 11) is 0. The zero-order valence-corrected chi connectivity index (χ0v) is 10.7. The van der Waals surface area contributed by atoms with Crippen molar-refractivity contribution in [1.29, 1.82) is 0 Å². The van der Waals surface area contributed by atoms with Gasteiger partial charge in [-0.05, 0) is 30.2 Å². The van der Waals surface area contributed by atoms with Crippen molar-refractivity contribution in [2.45, 2.75) is 19.9 Å². The van der Waals surface area contributed by atoms with E-state index in [1.54, 1.807) is 0 Å². The Morgan fingerprint density at radius 3 is 2.56 bits per heavy atom. The van der Waals surface area contributed by atoms with E-state index in [0.29, 0.717) is 6.04 Å². The Hall–Kier alpha value is -2.09. The zero-order valence-electron chi connectivity index (χ0n) is 10.7. The van der Waals surface area contributed by atoms with Gasteiger partial charge in [0.15, 0.2) is 0 Å². The molecule has 0 spiro atoms. The van der Waals surface area contributed by atoms with Gasteiger partial charge in [-0.2, -0.15) is 5.10 Å². The number of fused-ring (bicyclic) bond motifs is 1. The number of aromatic nitrogens is 2. The molecule has 0 bridgehead atoms. The van der Waals surface area contributed by atoms with Gasteiger partial charge in [0.25, 0.3) is 0 Å². The average molecular weight is 236 g/mol. The van der Waals surface area contributed by atoms with Crippen LogP contribution in [0.25, 0.3) is 21.9 Å². The molecule has 0 radical (unpaired) electrons. The fourth-order valence-electron chi connectivity index (χ4n) is 2.24. The molecule has 2 nitrogen and oxygen atoms in total. The van der Waals surface area contributed by atoms with E-state index in [9.17, 15) is 0 Å². The van der Waals surface area contributed by atoms with Gasteiger partial charge in [0.05, 0.1) is 6.20 Å². The van der Waals surface area contributed by atoms with Gasteiger partial charge < -0.3 is 0 Å². The molecule has 1 heterocycles. The Labute approximate surface area is 107 Å². The molecular weight excluding hydrogens is 220 g/mol. The first-order chi connectivity index (χ1) is 8.75. The van der Waals surface area contributed by atoms with Gasteiger partial charge in [0, 0.05) is 17.8 Å². The minimum atomic E-state index is 0.397. The lowest BCUT2D eigenvalue weighted by Gasteiger charge is -2.05. The van der Waals surface area contributed by atoms with Gasteiger partial charge in [-0.25, -0.2) is 0 Å². The maximum absolute atomic E-state index is 4.42. The molecule has 0 saturated carbocycles. The predicted molar refractivity (Wildman–Crippen MR) is 75.6 cm³/mol. The fraction of sp³-hybridized carbons (Fsp3) is 0.188. The van der Waals surface area contributed by atoms with E-state index in [1.807, 2.05) is 10.9 Å². The summed E-state index contributed by atoms with van der Waals surface area (Å²) in [5, 5.41) is 6.97. The van der Waals surface area contributed by atoms with Crippen LogP contribution >= 0.6 is 0 Å². The van der Waals surface area contributed by atoms with Crippen molar-refractivity contribution in [2.24, 2.45) is 0 Å². The number of nitrogens with zero attached hydrogens (tertiary/aromatic N) is 2. The highest BCUT2D eigenvalue weighted by Gasteiger charge is 2.06. The summed E-state index contributed by atoms with van der Waals surface area (Å²) in [5.41, 5.74) is 2.43. The lowest BCUT2D eigenvalue weighted by Crippen LogP contribution is -1.99. The van der Waals surface area contributed by atoms with Crippen molar-refractivity contribution in [2.75, 3.05) is 0 Å². The van der Waals surface area contributed by atoms with Crippen LogP contribution in [0, 0.1) is 0 Å². The highest BCUT2D eigenvalue weighted by Crippen LogP contribution is 2.28. The molecular formula is C16H16N2. The van der Waals surface area contributed by atoms with Gasteiger partial charge in [-0.3, -0.25) is 4.68 Å². The topological polar surface area (TPSA) is 17.8 Å². The number of hydrogen-bond donors (Lipinski definition) is 0. The third-order valence-corrected chi connectivity index (χ3v) is 3.23. The molecule has 3 rings (SSSR count). The normalized spacial score (nSPS) is 11.3. The highest BCUT2D eigenvalue weighted by molar-refractivity contribution is 5.96. The number of benzene rings is 2. The van der Waals surface area contributed by atoms with Crippen molar-refractivity contribution in [1.82, 2.24) is 9.78 Å². The second kappa shape index (κ2) is 4.30. The monoisotopic (exact) mass is 236 g/mol.